The van der Waals surface area contributed by atoms with Crippen LogP contribution in [0.15, 0.2) is 53.3 Å². The Labute approximate surface area is 146 Å². The van der Waals surface area contributed by atoms with Crippen molar-refractivity contribution in [3.8, 4) is 5.75 Å². The van der Waals surface area contributed by atoms with Gasteiger partial charge in [0.05, 0.1) is 15.9 Å². The van der Waals surface area contributed by atoms with E-state index in [0.29, 0.717) is 31.6 Å². The van der Waals surface area contributed by atoms with Gasteiger partial charge in [0.25, 0.3) is 5.56 Å². The second-order valence-corrected chi connectivity index (χ2v) is 6.65. The van der Waals surface area contributed by atoms with Gasteiger partial charge in [-0.05, 0) is 31.2 Å². The smallest absolute Gasteiger partial charge is 0.283 e. The Morgan fingerprint density at radius 2 is 1.92 bits per heavy atom. The Kier molecular flexibility index (Phi) is 3.70. The number of ether oxygens (including phenoxy) is 1. The van der Waals surface area contributed by atoms with Crippen LogP contribution in [-0.2, 0) is 0 Å². The zero-order chi connectivity index (χ0) is 16.7. The van der Waals surface area contributed by atoms with E-state index in [0.717, 1.165) is 0 Å². The summed E-state index contributed by atoms with van der Waals surface area (Å²) in [5.74, 6) is 0.580. The highest BCUT2D eigenvalue weighted by molar-refractivity contribution is 7.16. The van der Waals surface area contributed by atoms with Crippen LogP contribution in [0, 0.1) is 0 Å². The highest BCUT2D eigenvalue weighted by atomic mass is 35.5. The Balaban J connectivity index is 1.77. The summed E-state index contributed by atoms with van der Waals surface area (Å²) in [6.07, 6.45) is -0.348. The molecule has 2 aromatic heterocycles. The third kappa shape index (κ3) is 2.53. The molecule has 0 radical (unpaired) electrons. The van der Waals surface area contributed by atoms with E-state index in [-0.39, 0.29) is 11.7 Å². The zero-order valence-electron chi connectivity index (χ0n) is 12.6. The lowest BCUT2D eigenvalue weighted by atomic mass is 10.2. The lowest BCUT2D eigenvalue weighted by Crippen LogP contribution is -2.15. The molecule has 4 rings (SSSR count). The molecular formula is C17H12ClN3O2S. The minimum absolute atomic E-state index is 0.178. The second kappa shape index (κ2) is 5.89. The zero-order valence-corrected chi connectivity index (χ0v) is 14.2. The van der Waals surface area contributed by atoms with E-state index in [9.17, 15) is 4.79 Å². The van der Waals surface area contributed by atoms with Crippen LogP contribution in [0.5, 0.6) is 5.75 Å². The molecule has 120 valence electrons. The van der Waals surface area contributed by atoms with Gasteiger partial charge in [-0.25, -0.2) is 4.98 Å². The van der Waals surface area contributed by atoms with E-state index in [4.69, 9.17) is 16.3 Å². The minimum atomic E-state index is -0.348. The maximum Gasteiger partial charge on any atom is 0.283 e. The molecular weight excluding hydrogens is 346 g/mol. The first-order valence-electron chi connectivity index (χ1n) is 7.33. The number of aromatic nitrogens is 3. The molecule has 0 N–H and O–H groups in total. The summed E-state index contributed by atoms with van der Waals surface area (Å²) in [6, 6.07) is 14.5. The molecule has 0 saturated carbocycles. The molecule has 0 bridgehead atoms. The molecule has 0 aliphatic carbocycles. The third-order valence-electron chi connectivity index (χ3n) is 3.61. The van der Waals surface area contributed by atoms with Gasteiger partial charge in [-0.3, -0.25) is 4.79 Å². The van der Waals surface area contributed by atoms with Crippen LogP contribution in [0.1, 0.15) is 18.0 Å². The van der Waals surface area contributed by atoms with Crippen molar-refractivity contribution in [3.63, 3.8) is 0 Å². The quantitative estimate of drug-likeness (QED) is 0.554. The SMILES string of the molecule is C[C@H](Oc1ccccc1Cl)c1nn2c(=O)c3ccccc3nc2s1. The number of hydrogen-bond donors (Lipinski definition) is 0. The van der Waals surface area contributed by atoms with E-state index >= 15 is 0 Å². The summed E-state index contributed by atoms with van der Waals surface area (Å²) in [6.45, 7) is 1.87. The Morgan fingerprint density at radius 3 is 2.75 bits per heavy atom. The predicted octanol–water partition coefficient (Wildman–Crippen LogP) is 4.10. The van der Waals surface area contributed by atoms with Crippen LogP contribution < -0.4 is 10.3 Å². The summed E-state index contributed by atoms with van der Waals surface area (Å²) in [5, 5.41) is 6.12. The first-order chi connectivity index (χ1) is 11.6. The molecule has 4 aromatic rings. The van der Waals surface area contributed by atoms with Crippen molar-refractivity contribution in [1.82, 2.24) is 14.6 Å². The summed E-state index contributed by atoms with van der Waals surface area (Å²) in [5.41, 5.74) is 0.486. The molecule has 24 heavy (non-hydrogen) atoms. The number of nitrogens with zero attached hydrogens (tertiary/aromatic N) is 3. The van der Waals surface area contributed by atoms with Gasteiger partial charge >= 0.3 is 0 Å². The molecule has 0 saturated heterocycles. The van der Waals surface area contributed by atoms with Crippen LogP contribution in [0.2, 0.25) is 5.02 Å². The molecule has 7 heteroatoms. The van der Waals surface area contributed by atoms with Crippen LogP contribution >= 0.6 is 22.9 Å². The number of halogens is 1. The van der Waals surface area contributed by atoms with Crippen LogP contribution in [0.3, 0.4) is 0 Å². The molecule has 0 unspecified atom stereocenters. The topological polar surface area (TPSA) is 56.5 Å². The van der Waals surface area contributed by atoms with Crippen molar-refractivity contribution in [2.24, 2.45) is 0 Å². The van der Waals surface area contributed by atoms with Gasteiger partial charge in [0.1, 0.15) is 11.9 Å². The highest BCUT2D eigenvalue weighted by Gasteiger charge is 2.17. The van der Waals surface area contributed by atoms with E-state index in [1.807, 2.05) is 37.3 Å². The molecule has 0 spiro atoms. The monoisotopic (exact) mass is 357 g/mol. The van der Waals surface area contributed by atoms with Crippen molar-refractivity contribution in [2.75, 3.05) is 0 Å². The summed E-state index contributed by atoms with van der Waals surface area (Å²) < 4.78 is 7.20. The number of hydrogen-bond acceptors (Lipinski definition) is 5. The first-order valence-corrected chi connectivity index (χ1v) is 8.52. The fraction of sp³-hybridized carbons (Fsp3) is 0.118. The summed E-state index contributed by atoms with van der Waals surface area (Å²) >= 11 is 7.45. The van der Waals surface area contributed by atoms with E-state index in [1.165, 1.54) is 15.9 Å². The number of benzene rings is 2. The fourth-order valence-corrected chi connectivity index (χ4v) is 3.47. The Hall–Kier alpha value is -2.44. The molecule has 5 nitrogen and oxygen atoms in total. The van der Waals surface area contributed by atoms with E-state index in [2.05, 4.69) is 10.1 Å². The van der Waals surface area contributed by atoms with Gasteiger partial charge in [-0.2, -0.15) is 9.61 Å². The average molecular weight is 358 g/mol. The van der Waals surface area contributed by atoms with Crippen LogP contribution in [0.25, 0.3) is 15.9 Å². The molecule has 1 atom stereocenters. The van der Waals surface area contributed by atoms with Crippen LogP contribution in [0.4, 0.5) is 0 Å². The molecule has 2 heterocycles. The average Bonchev–Trinajstić information content (AvgIpc) is 3.02. The third-order valence-corrected chi connectivity index (χ3v) is 4.99. The van der Waals surface area contributed by atoms with Crippen molar-refractivity contribution in [2.45, 2.75) is 13.0 Å². The van der Waals surface area contributed by atoms with Crippen molar-refractivity contribution in [3.05, 3.63) is 68.9 Å². The van der Waals surface area contributed by atoms with Crippen molar-refractivity contribution < 1.29 is 4.74 Å². The van der Waals surface area contributed by atoms with Crippen LogP contribution in [-0.4, -0.2) is 14.6 Å². The Bertz CT molecular complexity index is 1110. The highest BCUT2D eigenvalue weighted by Crippen LogP contribution is 2.30. The van der Waals surface area contributed by atoms with Gasteiger partial charge in [-0.15, -0.1) is 0 Å². The maximum atomic E-state index is 12.5. The van der Waals surface area contributed by atoms with Gasteiger partial charge in [0.2, 0.25) is 4.96 Å². The van der Waals surface area contributed by atoms with Gasteiger partial charge in [0, 0.05) is 0 Å². The predicted molar refractivity (Wildman–Crippen MR) is 95.1 cm³/mol. The van der Waals surface area contributed by atoms with Crippen molar-refractivity contribution in [1.29, 1.82) is 0 Å². The lowest BCUT2D eigenvalue weighted by Gasteiger charge is -2.12. The molecule has 0 fully saturated rings. The molecule has 0 aliphatic rings. The van der Waals surface area contributed by atoms with Crippen molar-refractivity contribution >= 4 is 38.8 Å². The maximum absolute atomic E-state index is 12.5. The fourth-order valence-electron chi connectivity index (χ4n) is 2.42. The Morgan fingerprint density at radius 1 is 1.17 bits per heavy atom. The molecule has 2 aromatic carbocycles. The summed E-state index contributed by atoms with van der Waals surface area (Å²) in [7, 11) is 0. The number of rotatable bonds is 3. The number of para-hydroxylation sites is 2. The second-order valence-electron chi connectivity index (χ2n) is 5.26. The summed E-state index contributed by atoms with van der Waals surface area (Å²) in [4.78, 5) is 17.6. The largest absolute Gasteiger partial charge is 0.482 e. The molecule has 0 aliphatic heterocycles. The lowest BCUT2D eigenvalue weighted by molar-refractivity contribution is 0.225. The van der Waals surface area contributed by atoms with E-state index < -0.39 is 0 Å². The minimum Gasteiger partial charge on any atom is -0.482 e. The van der Waals surface area contributed by atoms with E-state index in [1.54, 1.807) is 18.2 Å². The van der Waals surface area contributed by atoms with Gasteiger partial charge < -0.3 is 4.74 Å². The first kappa shape index (κ1) is 15.1. The molecule has 0 amide bonds. The standard InChI is InChI=1S/C17H12ClN3O2S/c1-10(23-14-9-5-3-7-12(14)18)15-20-21-16(22)11-6-2-4-8-13(11)19-17(21)24-15/h2-10H,1H3/t10-/m0/s1. The number of fused-ring (bicyclic) bond motifs is 2. The normalized spacial score (nSPS) is 12.6. The van der Waals surface area contributed by atoms with Gasteiger partial charge in [-0.1, -0.05) is 47.2 Å². The van der Waals surface area contributed by atoms with Gasteiger partial charge in [0.15, 0.2) is 5.01 Å².